The predicted octanol–water partition coefficient (Wildman–Crippen LogP) is 2.87. The van der Waals surface area contributed by atoms with Crippen LogP contribution >= 0.6 is 11.6 Å². The fourth-order valence-electron chi connectivity index (χ4n) is 2.38. The number of rotatable bonds is 2. The van der Waals surface area contributed by atoms with Crippen LogP contribution in [0.1, 0.15) is 24.3 Å². The Morgan fingerprint density at radius 1 is 1.39 bits per heavy atom. The van der Waals surface area contributed by atoms with Crippen LogP contribution in [0, 0.1) is 5.82 Å². The summed E-state index contributed by atoms with van der Waals surface area (Å²) in [4.78, 5) is 0. The Labute approximate surface area is 109 Å². The highest BCUT2D eigenvalue weighted by molar-refractivity contribution is 6.30. The lowest BCUT2D eigenvalue weighted by Crippen LogP contribution is -2.37. The van der Waals surface area contributed by atoms with E-state index in [0.29, 0.717) is 5.02 Å². The van der Waals surface area contributed by atoms with E-state index in [1.54, 1.807) is 6.07 Å². The molecule has 0 spiro atoms. The first-order chi connectivity index (χ1) is 8.65. The van der Waals surface area contributed by atoms with Gasteiger partial charge in [0.05, 0.1) is 18.1 Å². The molecule has 0 amide bonds. The van der Waals surface area contributed by atoms with Crippen LogP contribution in [0.4, 0.5) is 4.39 Å². The number of nitrogens with two attached hydrogens (primary N) is 1. The fourth-order valence-corrected chi connectivity index (χ4v) is 2.56. The summed E-state index contributed by atoms with van der Waals surface area (Å²) in [6, 6.07) is 5.70. The lowest BCUT2D eigenvalue weighted by Gasteiger charge is -2.35. The van der Waals surface area contributed by atoms with Gasteiger partial charge in [0.2, 0.25) is 0 Å². The summed E-state index contributed by atoms with van der Waals surface area (Å²) in [5, 5.41) is 4.67. The highest BCUT2D eigenvalue weighted by Crippen LogP contribution is 2.39. The molecule has 1 saturated carbocycles. The Kier molecular flexibility index (Phi) is 2.84. The summed E-state index contributed by atoms with van der Waals surface area (Å²) in [6.45, 7) is 0. The fraction of sp³-hybridized carbons (Fsp3) is 0.308. The van der Waals surface area contributed by atoms with Crippen LogP contribution in [-0.4, -0.2) is 15.8 Å². The van der Waals surface area contributed by atoms with Crippen molar-refractivity contribution in [1.82, 2.24) is 9.78 Å². The molecule has 1 aromatic heterocycles. The van der Waals surface area contributed by atoms with E-state index < -0.39 is 0 Å². The van der Waals surface area contributed by atoms with Crippen molar-refractivity contribution in [2.24, 2.45) is 5.73 Å². The van der Waals surface area contributed by atoms with Gasteiger partial charge in [0.25, 0.3) is 0 Å². The van der Waals surface area contributed by atoms with E-state index in [9.17, 15) is 4.39 Å². The molecule has 3 nitrogen and oxygen atoms in total. The van der Waals surface area contributed by atoms with Crippen molar-refractivity contribution in [3.63, 3.8) is 0 Å². The van der Waals surface area contributed by atoms with Crippen molar-refractivity contribution in [2.75, 3.05) is 0 Å². The minimum Gasteiger partial charge on any atom is -0.327 e. The van der Waals surface area contributed by atoms with Gasteiger partial charge in [0, 0.05) is 17.0 Å². The van der Waals surface area contributed by atoms with Gasteiger partial charge >= 0.3 is 0 Å². The second-order valence-electron chi connectivity index (χ2n) is 4.65. The Hall–Kier alpha value is -1.39. The number of hydrogen-bond donors (Lipinski definition) is 1. The molecule has 5 heteroatoms. The first kappa shape index (κ1) is 11.7. The maximum atomic E-state index is 13.1. The molecule has 1 fully saturated rings. The van der Waals surface area contributed by atoms with Crippen molar-refractivity contribution < 1.29 is 4.39 Å². The molecule has 1 aliphatic rings. The molecule has 1 heterocycles. The van der Waals surface area contributed by atoms with E-state index in [-0.39, 0.29) is 17.8 Å². The van der Waals surface area contributed by atoms with E-state index >= 15 is 0 Å². The van der Waals surface area contributed by atoms with Crippen LogP contribution in [0.25, 0.3) is 5.69 Å². The lowest BCUT2D eigenvalue weighted by atomic mass is 9.75. The Balaban J connectivity index is 2.08. The van der Waals surface area contributed by atoms with Gasteiger partial charge in [-0.1, -0.05) is 11.6 Å². The van der Waals surface area contributed by atoms with Gasteiger partial charge in [-0.2, -0.15) is 5.10 Å². The normalized spacial score (nSPS) is 22.8. The molecule has 0 radical (unpaired) electrons. The minimum atomic E-state index is -0.353. The molecule has 94 valence electrons. The summed E-state index contributed by atoms with van der Waals surface area (Å²) < 4.78 is 14.6. The summed E-state index contributed by atoms with van der Waals surface area (Å²) in [6.07, 6.45) is 4.61. The largest absolute Gasteiger partial charge is 0.327 e. The zero-order chi connectivity index (χ0) is 12.7. The molecule has 1 aliphatic carbocycles. The van der Waals surface area contributed by atoms with Gasteiger partial charge in [-0.05, 0) is 36.6 Å². The first-order valence-corrected chi connectivity index (χ1v) is 6.28. The topological polar surface area (TPSA) is 43.8 Å². The van der Waals surface area contributed by atoms with Gasteiger partial charge in [-0.15, -0.1) is 0 Å². The third-order valence-electron chi connectivity index (χ3n) is 3.51. The molecule has 3 rings (SSSR count). The van der Waals surface area contributed by atoms with E-state index in [1.807, 2.05) is 12.1 Å². The average Bonchev–Trinajstić information content (AvgIpc) is 2.74. The molecular formula is C13H13ClFN3. The van der Waals surface area contributed by atoms with Gasteiger partial charge in [-0.25, -0.2) is 9.07 Å². The summed E-state index contributed by atoms with van der Waals surface area (Å²) in [5.74, 6) is -0.0697. The highest BCUT2D eigenvalue weighted by atomic mass is 35.5. The lowest BCUT2D eigenvalue weighted by molar-refractivity contribution is 0.346. The summed E-state index contributed by atoms with van der Waals surface area (Å²) in [7, 11) is 0. The number of halogens is 2. The van der Waals surface area contributed by atoms with Crippen molar-refractivity contribution in [3.8, 4) is 5.69 Å². The zero-order valence-corrected chi connectivity index (χ0v) is 10.4. The third-order valence-corrected chi connectivity index (χ3v) is 3.75. The van der Waals surface area contributed by atoms with Crippen molar-refractivity contribution >= 4 is 11.6 Å². The van der Waals surface area contributed by atoms with Gasteiger partial charge in [0.1, 0.15) is 0 Å². The molecule has 0 aliphatic heterocycles. The zero-order valence-electron chi connectivity index (χ0n) is 9.68. The Morgan fingerprint density at radius 3 is 2.78 bits per heavy atom. The molecule has 2 atom stereocenters. The predicted molar refractivity (Wildman–Crippen MR) is 68.5 cm³/mol. The van der Waals surface area contributed by atoms with Crippen LogP contribution in [0.3, 0.4) is 0 Å². The monoisotopic (exact) mass is 265 g/mol. The number of hydrogen-bond acceptors (Lipinski definition) is 2. The average molecular weight is 266 g/mol. The molecular weight excluding hydrogens is 253 g/mol. The van der Waals surface area contributed by atoms with Gasteiger partial charge < -0.3 is 5.73 Å². The van der Waals surface area contributed by atoms with E-state index in [1.165, 1.54) is 17.1 Å². The molecule has 2 aromatic rings. The van der Waals surface area contributed by atoms with E-state index in [2.05, 4.69) is 5.10 Å². The SMILES string of the molecule is NC1CCC1c1cc(Cl)ccc1-n1cc(F)cn1. The second-order valence-corrected chi connectivity index (χ2v) is 5.09. The number of nitrogens with zero attached hydrogens (tertiary/aromatic N) is 2. The van der Waals surface area contributed by atoms with E-state index in [0.717, 1.165) is 24.1 Å². The molecule has 2 N–H and O–H groups in total. The van der Waals surface area contributed by atoms with Crippen molar-refractivity contribution in [3.05, 3.63) is 47.0 Å². The molecule has 18 heavy (non-hydrogen) atoms. The van der Waals surface area contributed by atoms with Crippen molar-refractivity contribution in [2.45, 2.75) is 24.8 Å². The Morgan fingerprint density at radius 2 is 2.22 bits per heavy atom. The molecule has 0 saturated heterocycles. The van der Waals surface area contributed by atoms with Crippen LogP contribution in [-0.2, 0) is 0 Å². The highest BCUT2D eigenvalue weighted by Gasteiger charge is 2.31. The van der Waals surface area contributed by atoms with Gasteiger partial charge in [0.15, 0.2) is 5.82 Å². The van der Waals surface area contributed by atoms with Crippen LogP contribution in [0.15, 0.2) is 30.6 Å². The Bertz CT molecular complexity index is 581. The summed E-state index contributed by atoms with van der Waals surface area (Å²) in [5.41, 5.74) is 7.91. The maximum Gasteiger partial charge on any atom is 0.161 e. The quantitative estimate of drug-likeness (QED) is 0.907. The van der Waals surface area contributed by atoms with Crippen molar-refractivity contribution in [1.29, 1.82) is 0 Å². The maximum absolute atomic E-state index is 13.1. The molecule has 0 bridgehead atoms. The van der Waals surface area contributed by atoms with E-state index in [4.69, 9.17) is 17.3 Å². The van der Waals surface area contributed by atoms with Crippen LogP contribution in [0.2, 0.25) is 5.02 Å². The molecule has 2 unspecified atom stereocenters. The van der Waals surface area contributed by atoms with Crippen LogP contribution < -0.4 is 5.73 Å². The number of aromatic nitrogens is 2. The van der Waals surface area contributed by atoms with Gasteiger partial charge in [-0.3, -0.25) is 0 Å². The number of benzene rings is 1. The molecule has 1 aromatic carbocycles. The van der Waals surface area contributed by atoms with Crippen LogP contribution in [0.5, 0.6) is 0 Å². The standard InChI is InChI=1S/C13H13ClFN3/c14-8-1-4-13(18-7-9(15)6-17-18)11(5-8)10-2-3-12(10)16/h1,4-7,10,12H,2-3,16H2. The second kappa shape index (κ2) is 4.37. The summed E-state index contributed by atoms with van der Waals surface area (Å²) >= 11 is 6.04. The third kappa shape index (κ3) is 1.91. The first-order valence-electron chi connectivity index (χ1n) is 5.91. The smallest absolute Gasteiger partial charge is 0.161 e. The minimum absolute atomic E-state index is 0.155.